The number of nitrogens with one attached hydrogen (secondary N) is 2. The molecule has 0 spiro atoms. The fraction of sp³-hybridized carbons (Fsp3) is 0.438. The smallest absolute Gasteiger partial charge is 0.193 e. The first-order valence-electron chi connectivity index (χ1n) is 7.46. The van der Waals surface area contributed by atoms with Crippen LogP contribution in [0, 0.1) is 0 Å². The van der Waals surface area contributed by atoms with E-state index in [-0.39, 0.29) is 5.41 Å². The molecule has 6 heteroatoms. The van der Waals surface area contributed by atoms with Crippen LogP contribution in [-0.4, -0.2) is 21.1 Å². The van der Waals surface area contributed by atoms with Gasteiger partial charge in [-0.3, -0.25) is 5.10 Å². The average molecular weight is 300 g/mol. The largest absolute Gasteiger partial charge is 0.370 e. The van der Waals surface area contributed by atoms with Gasteiger partial charge in [-0.05, 0) is 24.1 Å². The van der Waals surface area contributed by atoms with Crippen molar-refractivity contribution in [1.82, 2.24) is 15.2 Å². The van der Waals surface area contributed by atoms with Crippen molar-refractivity contribution in [3.63, 3.8) is 0 Å². The number of aromatic nitrogens is 3. The fourth-order valence-electron chi connectivity index (χ4n) is 1.87. The Labute approximate surface area is 131 Å². The van der Waals surface area contributed by atoms with Gasteiger partial charge in [-0.15, -0.1) is 0 Å². The van der Waals surface area contributed by atoms with E-state index in [9.17, 15) is 0 Å². The van der Waals surface area contributed by atoms with E-state index in [1.165, 1.54) is 5.56 Å². The van der Waals surface area contributed by atoms with Crippen LogP contribution in [0.4, 0.5) is 5.69 Å². The molecule has 22 heavy (non-hydrogen) atoms. The lowest BCUT2D eigenvalue weighted by molar-refractivity contribution is 0.547. The number of guanidine groups is 1. The van der Waals surface area contributed by atoms with Gasteiger partial charge in [0.25, 0.3) is 0 Å². The molecule has 0 amide bonds. The maximum absolute atomic E-state index is 5.89. The van der Waals surface area contributed by atoms with Crippen LogP contribution in [0.1, 0.15) is 44.9 Å². The molecule has 2 rings (SSSR count). The summed E-state index contributed by atoms with van der Waals surface area (Å²) in [5.41, 5.74) is 8.03. The van der Waals surface area contributed by atoms with Gasteiger partial charge >= 0.3 is 0 Å². The minimum atomic E-state index is -0.0801. The topological polar surface area (TPSA) is 92.0 Å². The summed E-state index contributed by atoms with van der Waals surface area (Å²) >= 11 is 0. The van der Waals surface area contributed by atoms with Crippen LogP contribution >= 0.6 is 0 Å². The highest BCUT2D eigenvalue weighted by atomic mass is 15.2. The van der Waals surface area contributed by atoms with E-state index in [4.69, 9.17) is 5.73 Å². The van der Waals surface area contributed by atoms with Gasteiger partial charge in [-0.2, -0.15) is 5.10 Å². The van der Waals surface area contributed by atoms with E-state index in [0.717, 1.165) is 17.9 Å². The molecule has 0 fully saturated rings. The van der Waals surface area contributed by atoms with Crippen LogP contribution in [0.5, 0.6) is 0 Å². The van der Waals surface area contributed by atoms with E-state index in [2.05, 4.69) is 65.3 Å². The first-order chi connectivity index (χ1) is 10.4. The molecular formula is C16H24N6. The van der Waals surface area contributed by atoms with Crippen molar-refractivity contribution >= 4 is 11.6 Å². The second-order valence-corrected chi connectivity index (χ2v) is 6.23. The highest BCUT2D eigenvalue weighted by Crippen LogP contribution is 2.17. The summed E-state index contributed by atoms with van der Waals surface area (Å²) < 4.78 is 0. The number of rotatable bonds is 4. The molecule has 4 N–H and O–H groups in total. The molecule has 1 aromatic carbocycles. The van der Waals surface area contributed by atoms with Crippen LogP contribution < -0.4 is 11.1 Å². The number of anilines is 1. The van der Waals surface area contributed by atoms with E-state index >= 15 is 0 Å². The van der Waals surface area contributed by atoms with Gasteiger partial charge in [0.05, 0.1) is 0 Å². The van der Waals surface area contributed by atoms with Crippen LogP contribution in [0.25, 0.3) is 0 Å². The minimum Gasteiger partial charge on any atom is -0.370 e. The van der Waals surface area contributed by atoms with Crippen molar-refractivity contribution in [2.45, 2.75) is 46.1 Å². The number of nitrogens with two attached hydrogens (primary N) is 1. The van der Waals surface area contributed by atoms with Crippen molar-refractivity contribution in [1.29, 1.82) is 0 Å². The van der Waals surface area contributed by atoms with E-state index in [0.29, 0.717) is 18.3 Å². The van der Waals surface area contributed by atoms with Crippen molar-refractivity contribution in [2.75, 3.05) is 5.32 Å². The highest BCUT2D eigenvalue weighted by molar-refractivity contribution is 5.92. The molecule has 2 aromatic rings. The Morgan fingerprint density at radius 3 is 2.50 bits per heavy atom. The van der Waals surface area contributed by atoms with Crippen molar-refractivity contribution < 1.29 is 0 Å². The molecule has 0 aliphatic heterocycles. The van der Waals surface area contributed by atoms with E-state index in [1.807, 2.05) is 12.1 Å². The minimum absolute atomic E-state index is 0.0801. The van der Waals surface area contributed by atoms with Gasteiger partial charge < -0.3 is 11.1 Å². The lowest BCUT2D eigenvalue weighted by Gasteiger charge is -2.11. The van der Waals surface area contributed by atoms with Gasteiger partial charge in [-0.1, -0.05) is 39.8 Å². The predicted octanol–water partition coefficient (Wildman–Crippen LogP) is 2.59. The third kappa shape index (κ3) is 4.31. The number of nitrogens with zero attached hydrogens (tertiary/aromatic N) is 3. The zero-order valence-electron chi connectivity index (χ0n) is 13.6. The normalized spacial score (nSPS) is 12.5. The van der Waals surface area contributed by atoms with E-state index < -0.39 is 0 Å². The predicted molar refractivity (Wildman–Crippen MR) is 89.9 cm³/mol. The van der Waals surface area contributed by atoms with Crippen molar-refractivity contribution in [3.05, 3.63) is 41.5 Å². The molecule has 1 aromatic heterocycles. The lowest BCUT2D eigenvalue weighted by atomic mass is 9.96. The Hall–Kier alpha value is -2.37. The summed E-state index contributed by atoms with van der Waals surface area (Å²) in [6.45, 7) is 8.70. The standard InChI is InChI=1S/C16H24N6/c1-5-11-6-8-12(9-7-11)19-15(17)18-10-13-20-14(22-21-13)16(2,3)4/h6-9H,5,10H2,1-4H3,(H3,17,18,19)(H,20,21,22). The molecule has 0 atom stereocenters. The number of H-pyrrole nitrogens is 1. The summed E-state index contributed by atoms with van der Waals surface area (Å²) in [5, 5.41) is 10.2. The second kappa shape index (κ2) is 6.60. The molecule has 0 unspecified atom stereocenters. The second-order valence-electron chi connectivity index (χ2n) is 6.23. The number of hydrogen-bond donors (Lipinski definition) is 3. The van der Waals surface area contributed by atoms with Crippen molar-refractivity contribution in [2.24, 2.45) is 10.7 Å². The molecule has 1 heterocycles. The molecule has 118 valence electrons. The molecule has 0 bridgehead atoms. The Morgan fingerprint density at radius 1 is 1.27 bits per heavy atom. The monoisotopic (exact) mass is 300 g/mol. The number of hydrogen-bond acceptors (Lipinski definition) is 3. The number of benzene rings is 1. The molecule has 0 saturated heterocycles. The van der Waals surface area contributed by atoms with Gasteiger partial charge in [0.15, 0.2) is 11.8 Å². The molecule has 0 radical (unpaired) electrons. The number of aryl methyl sites for hydroxylation is 1. The summed E-state index contributed by atoms with van der Waals surface area (Å²) in [6, 6.07) is 8.13. The summed E-state index contributed by atoms with van der Waals surface area (Å²) in [6.07, 6.45) is 1.02. The Balaban J connectivity index is 1.95. The maximum Gasteiger partial charge on any atom is 0.193 e. The van der Waals surface area contributed by atoms with Crippen molar-refractivity contribution in [3.8, 4) is 0 Å². The Morgan fingerprint density at radius 2 is 1.95 bits per heavy atom. The average Bonchev–Trinajstić information content (AvgIpc) is 2.95. The van der Waals surface area contributed by atoms with E-state index in [1.54, 1.807) is 0 Å². The quantitative estimate of drug-likeness (QED) is 0.598. The van der Waals surface area contributed by atoms with Crippen LogP contribution in [0.3, 0.4) is 0 Å². The number of aliphatic imine (C=N–C) groups is 1. The molecule has 0 aliphatic carbocycles. The van der Waals surface area contributed by atoms with Gasteiger partial charge in [0.1, 0.15) is 12.4 Å². The van der Waals surface area contributed by atoms with Crippen LogP contribution in [-0.2, 0) is 18.4 Å². The third-order valence-electron chi connectivity index (χ3n) is 3.24. The van der Waals surface area contributed by atoms with Gasteiger partial charge in [0.2, 0.25) is 0 Å². The highest BCUT2D eigenvalue weighted by Gasteiger charge is 2.18. The molecular weight excluding hydrogens is 276 g/mol. The zero-order chi connectivity index (χ0) is 16.2. The number of aromatic amines is 1. The Bertz CT molecular complexity index is 633. The first kappa shape index (κ1) is 16.0. The van der Waals surface area contributed by atoms with Crippen LogP contribution in [0.2, 0.25) is 0 Å². The zero-order valence-corrected chi connectivity index (χ0v) is 13.6. The Kier molecular flexibility index (Phi) is 4.80. The summed E-state index contributed by atoms with van der Waals surface area (Å²) in [5.74, 6) is 1.84. The van der Waals surface area contributed by atoms with Gasteiger partial charge in [-0.25, -0.2) is 9.98 Å². The summed E-state index contributed by atoms with van der Waals surface area (Å²) in [4.78, 5) is 8.70. The maximum atomic E-state index is 5.89. The van der Waals surface area contributed by atoms with Gasteiger partial charge in [0, 0.05) is 11.1 Å². The first-order valence-corrected chi connectivity index (χ1v) is 7.46. The fourth-order valence-corrected chi connectivity index (χ4v) is 1.87. The summed E-state index contributed by atoms with van der Waals surface area (Å²) in [7, 11) is 0. The third-order valence-corrected chi connectivity index (χ3v) is 3.24. The molecule has 0 aliphatic rings. The molecule has 0 saturated carbocycles. The lowest BCUT2D eigenvalue weighted by Crippen LogP contribution is -2.22. The SMILES string of the molecule is CCc1ccc(NC(N)=NCc2nc(C(C)(C)C)n[nH]2)cc1. The van der Waals surface area contributed by atoms with Crippen LogP contribution in [0.15, 0.2) is 29.3 Å². The molecule has 6 nitrogen and oxygen atoms in total.